The van der Waals surface area contributed by atoms with Crippen LogP contribution in [0.5, 0.6) is 0 Å². The predicted molar refractivity (Wildman–Crippen MR) is 72.9 cm³/mol. The molecule has 98 valence electrons. The number of benzene rings is 1. The number of ketones is 1. The number of amides is 1. The largest absolute Gasteiger partial charge is 0.355 e. The summed E-state index contributed by atoms with van der Waals surface area (Å²) in [5.41, 5.74) is 0.849. The summed E-state index contributed by atoms with van der Waals surface area (Å²) in [4.78, 5) is 23.4. The Morgan fingerprint density at radius 2 is 2.05 bits per heavy atom. The number of carbonyl (C=O) groups excluding carboxylic acids is 2. The Morgan fingerprint density at radius 3 is 2.63 bits per heavy atom. The minimum absolute atomic E-state index is 0.465. The Hall–Kier alpha value is -2.41. The standard InChI is InChI=1S/C15H16N2O2/c1-2-10-17-15(19)13(11-16)14(18)9-8-12-6-4-3-5-7-12/h3-9,13H,2,10H2,1H3,(H,17,19)/b9-8+. The molecular formula is C15H16N2O2. The minimum atomic E-state index is -1.27. The lowest BCUT2D eigenvalue weighted by molar-refractivity contribution is -0.129. The molecule has 0 spiro atoms. The molecule has 0 bridgehead atoms. The second-order valence-electron chi connectivity index (χ2n) is 4.00. The molecule has 1 N–H and O–H groups in total. The molecule has 0 aliphatic heterocycles. The first-order valence-corrected chi connectivity index (χ1v) is 6.13. The third-order valence-electron chi connectivity index (χ3n) is 2.46. The van der Waals surface area contributed by atoms with E-state index in [-0.39, 0.29) is 0 Å². The van der Waals surface area contributed by atoms with Crippen LogP contribution >= 0.6 is 0 Å². The van der Waals surface area contributed by atoms with Crippen LogP contribution in [-0.2, 0) is 9.59 Å². The summed E-state index contributed by atoms with van der Waals surface area (Å²) in [6.45, 7) is 2.37. The van der Waals surface area contributed by atoms with E-state index in [0.29, 0.717) is 6.54 Å². The first-order chi connectivity index (χ1) is 9.19. The quantitative estimate of drug-likeness (QED) is 0.624. The summed E-state index contributed by atoms with van der Waals surface area (Å²) in [5, 5.41) is 11.4. The Kier molecular flexibility index (Phi) is 6.04. The molecule has 4 heteroatoms. The van der Waals surface area contributed by atoms with Crippen molar-refractivity contribution in [3.63, 3.8) is 0 Å². The van der Waals surface area contributed by atoms with Crippen LogP contribution in [0.2, 0.25) is 0 Å². The van der Waals surface area contributed by atoms with Crippen LogP contribution in [0.25, 0.3) is 6.08 Å². The van der Waals surface area contributed by atoms with Crippen molar-refractivity contribution in [2.75, 3.05) is 6.54 Å². The van der Waals surface area contributed by atoms with E-state index in [1.54, 1.807) is 12.1 Å². The average Bonchev–Trinajstić information content (AvgIpc) is 2.44. The number of hydrogen-bond donors (Lipinski definition) is 1. The molecule has 0 saturated heterocycles. The van der Waals surface area contributed by atoms with E-state index in [9.17, 15) is 9.59 Å². The highest BCUT2D eigenvalue weighted by Crippen LogP contribution is 2.04. The third-order valence-corrected chi connectivity index (χ3v) is 2.46. The summed E-state index contributed by atoms with van der Waals surface area (Å²) in [6.07, 6.45) is 3.63. The molecular weight excluding hydrogens is 240 g/mol. The maximum atomic E-state index is 11.8. The van der Waals surface area contributed by atoms with Crippen LogP contribution in [0, 0.1) is 17.2 Å². The molecule has 0 aliphatic rings. The summed E-state index contributed by atoms with van der Waals surface area (Å²) in [5.74, 6) is -2.31. The number of nitrogens with zero attached hydrogens (tertiary/aromatic N) is 1. The zero-order valence-corrected chi connectivity index (χ0v) is 10.8. The molecule has 1 amide bonds. The lowest BCUT2D eigenvalue weighted by Crippen LogP contribution is -2.34. The Balaban J connectivity index is 2.67. The molecule has 0 saturated carbocycles. The van der Waals surface area contributed by atoms with Gasteiger partial charge in [0.15, 0.2) is 11.7 Å². The molecule has 1 unspecified atom stereocenters. The molecule has 1 aromatic carbocycles. The number of carbonyl (C=O) groups is 2. The van der Waals surface area contributed by atoms with E-state index < -0.39 is 17.6 Å². The number of nitrogens with one attached hydrogen (secondary N) is 1. The highest BCUT2D eigenvalue weighted by Gasteiger charge is 2.23. The highest BCUT2D eigenvalue weighted by atomic mass is 16.2. The van der Waals surface area contributed by atoms with Crippen molar-refractivity contribution >= 4 is 17.8 Å². The first-order valence-electron chi connectivity index (χ1n) is 6.13. The maximum absolute atomic E-state index is 11.8. The van der Waals surface area contributed by atoms with Gasteiger partial charge >= 0.3 is 0 Å². The van der Waals surface area contributed by atoms with Crippen molar-refractivity contribution in [2.24, 2.45) is 5.92 Å². The van der Waals surface area contributed by atoms with Gasteiger partial charge in [-0.05, 0) is 18.1 Å². The summed E-state index contributed by atoms with van der Waals surface area (Å²) < 4.78 is 0. The summed E-state index contributed by atoms with van der Waals surface area (Å²) >= 11 is 0. The molecule has 0 heterocycles. The van der Waals surface area contributed by atoms with Gasteiger partial charge in [-0.1, -0.05) is 43.3 Å². The third kappa shape index (κ3) is 4.76. The number of rotatable bonds is 6. The van der Waals surface area contributed by atoms with E-state index in [1.165, 1.54) is 6.08 Å². The molecule has 1 atom stereocenters. The van der Waals surface area contributed by atoms with Crippen LogP contribution in [0.3, 0.4) is 0 Å². The van der Waals surface area contributed by atoms with Gasteiger partial charge in [0.25, 0.3) is 0 Å². The lowest BCUT2D eigenvalue weighted by Gasteiger charge is -2.06. The van der Waals surface area contributed by atoms with Gasteiger partial charge < -0.3 is 5.32 Å². The topological polar surface area (TPSA) is 70.0 Å². The second kappa shape index (κ2) is 7.83. The van der Waals surface area contributed by atoms with Crippen LogP contribution < -0.4 is 5.32 Å². The fourth-order valence-electron chi connectivity index (χ4n) is 1.44. The molecule has 0 fully saturated rings. The molecule has 0 aromatic heterocycles. The number of allylic oxidation sites excluding steroid dienone is 1. The normalized spacial score (nSPS) is 11.8. The summed E-state index contributed by atoms with van der Waals surface area (Å²) in [7, 11) is 0. The number of nitriles is 1. The van der Waals surface area contributed by atoms with Crippen molar-refractivity contribution in [2.45, 2.75) is 13.3 Å². The zero-order valence-electron chi connectivity index (χ0n) is 10.8. The molecule has 19 heavy (non-hydrogen) atoms. The van der Waals surface area contributed by atoms with Gasteiger partial charge in [-0.3, -0.25) is 9.59 Å². The van der Waals surface area contributed by atoms with Gasteiger partial charge in [0.2, 0.25) is 5.91 Å². The molecule has 0 aliphatic carbocycles. The molecule has 0 radical (unpaired) electrons. The van der Waals surface area contributed by atoms with Gasteiger partial charge in [0, 0.05) is 6.54 Å². The van der Waals surface area contributed by atoms with Crippen LogP contribution in [0.4, 0.5) is 0 Å². The van der Waals surface area contributed by atoms with Crippen LogP contribution in [0.1, 0.15) is 18.9 Å². The van der Waals surface area contributed by atoms with E-state index in [2.05, 4.69) is 5.32 Å². The Morgan fingerprint density at radius 1 is 1.37 bits per heavy atom. The monoisotopic (exact) mass is 256 g/mol. The smallest absolute Gasteiger partial charge is 0.245 e. The van der Waals surface area contributed by atoms with Crippen LogP contribution in [-0.4, -0.2) is 18.2 Å². The van der Waals surface area contributed by atoms with Gasteiger partial charge in [-0.25, -0.2) is 0 Å². The maximum Gasteiger partial charge on any atom is 0.245 e. The Labute approximate surface area is 112 Å². The second-order valence-corrected chi connectivity index (χ2v) is 4.00. The van der Waals surface area contributed by atoms with Crippen molar-refractivity contribution < 1.29 is 9.59 Å². The first kappa shape index (κ1) is 14.7. The van der Waals surface area contributed by atoms with Crippen molar-refractivity contribution in [1.29, 1.82) is 5.26 Å². The van der Waals surface area contributed by atoms with E-state index in [0.717, 1.165) is 12.0 Å². The van der Waals surface area contributed by atoms with Gasteiger partial charge in [-0.2, -0.15) is 5.26 Å². The van der Waals surface area contributed by atoms with Gasteiger partial charge in [0.1, 0.15) is 0 Å². The van der Waals surface area contributed by atoms with Crippen molar-refractivity contribution in [1.82, 2.24) is 5.32 Å². The minimum Gasteiger partial charge on any atom is -0.355 e. The fourth-order valence-corrected chi connectivity index (χ4v) is 1.44. The van der Waals surface area contributed by atoms with E-state index in [1.807, 2.05) is 37.3 Å². The lowest BCUT2D eigenvalue weighted by atomic mass is 10.0. The molecule has 1 aromatic rings. The fraction of sp³-hybridized carbons (Fsp3) is 0.267. The zero-order chi connectivity index (χ0) is 14.1. The van der Waals surface area contributed by atoms with Gasteiger partial charge in [-0.15, -0.1) is 0 Å². The SMILES string of the molecule is CCCNC(=O)C(C#N)C(=O)/C=C/c1ccccc1. The average molecular weight is 256 g/mol. The van der Waals surface area contributed by atoms with Crippen LogP contribution in [0.15, 0.2) is 36.4 Å². The Bertz CT molecular complexity index is 501. The molecule has 1 rings (SSSR count). The van der Waals surface area contributed by atoms with E-state index >= 15 is 0 Å². The summed E-state index contributed by atoms with van der Waals surface area (Å²) in [6, 6.07) is 11.0. The highest BCUT2D eigenvalue weighted by molar-refractivity contribution is 6.10. The predicted octanol–water partition coefficient (Wildman–Crippen LogP) is 1.93. The van der Waals surface area contributed by atoms with E-state index in [4.69, 9.17) is 5.26 Å². The van der Waals surface area contributed by atoms with Crippen molar-refractivity contribution in [3.05, 3.63) is 42.0 Å². The van der Waals surface area contributed by atoms with Crippen molar-refractivity contribution in [3.8, 4) is 6.07 Å². The molecule has 4 nitrogen and oxygen atoms in total. The van der Waals surface area contributed by atoms with Gasteiger partial charge in [0.05, 0.1) is 6.07 Å². The number of hydrogen-bond acceptors (Lipinski definition) is 3.